The van der Waals surface area contributed by atoms with E-state index in [0.29, 0.717) is 16.0 Å². The number of aromatic nitrogens is 4. The van der Waals surface area contributed by atoms with Crippen molar-refractivity contribution >= 4 is 39.7 Å². The molecule has 0 aliphatic carbocycles. The predicted molar refractivity (Wildman–Crippen MR) is 108 cm³/mol. The molecule has 0 fully saturated rings. The summed E-state index contributed by atoms with van der Waals surface area (Å²) in [7, 11) is 1.76. The van der Waals surface area contributed by atoms with Gasteiger partial charge in [-0.2, -0.15) is 0 Å². The summed E-state index contributed by atoms with van der Waals surface area (Å²) in [6.45, 7) is 0. The smallest absolute Gasteiger partial charge is 0.267 e. The summed E-state index contributed by atoms with van der Waals surface area (Å²) in [4.78, 5) is 31.1. The SMILES string of the molecule is CNc1nccc(-c2ccc(C(=O)Nc3nc(-c4cccnc4)cs3)s2)n1. The number of carbonyl (C=O) groups excluding carboxylic acids is 1. The minimum absolute atomic E-state index is 0.193. The van der Waals surface area contributed by atoms with Gasteiger partial charge in [-0.1, -0.05) is 0 Å². The number of rotatable bonds is 5. The fourth-order valence-corrected chi connectivity index (χ4v) is 3.94. The summed E-state index contributed by atoms with van der Waals surface area (Å²) < 4.78 is 0. The number of carbonyl (C=O) groups is 1. The maximum absolute atomic E-state index is 12.5. The van der Waals surface area contributed by atoms with Crippen molar-refractivity contribution in [1.29, 1.82) is 0 Å². The zero-order valence-corrected chi connectivity index (χ0v) is 15.8. The molecule has 4 aromatic rings. The number of nitrogens with zero attached hydrogens (tertiary/aromatic N) is 4. The largest absolute Gasteiger partial charge is 0.357 e. The Morgan fingerprint density at radius 3 is 2.81 bits per heavy atom. The number of anilines is 2. The second-order valence-electron chi connectivity index (χ2n) is 5.41. The van der Waals surface area contributed by atoms with Crippen molar-refractivity contribution in [3.8, 4) is 21.8 Å². The van der Waals surface area contributed by atoms with E-state index in [1.54, 1.807) is 31.7 Å². The number of hydrogen-bond donors (Lipinski definition) is 2. The topological polar surface area (TPSA) is 92.7 Å². The molecule has 4 aromatic heterocycles. The summed E-state index contributed by atoms with van der Waals surface area (Å²) in [5, 5.41) is 8.20. The summed E-state index contributed by atoms with van der Waals surface area (Å²) in [6.07, 6.45) is 5.14. The first kappa shape index (κ1) is 17.3. The van der Waals surface area contributed by atoms with E-state index in [9.17, 15) is 4.79 Å². The highest BCUT2D eigenvalue weighted by Crippen LogP contribution is 2.29. The van der Waals surface area contributed by atoms with Crippen molar-refractivity contribution in [3.63, 3.8) is 0 Å². The molecule has 9 heteroatoms. The molecule has 0 atom stereocenters. The van der Waals surface area contributed by atoms with Crippen molar-refractivity contribution < 1.29 is 4.79 Å². The van der Waals surface area contributed by atoms with Gasteiger partial charge in [0.05, 0.1) is 21.1 Å². The van der Waals surface area contributed by atoms with Crippen LogP contribution in [0.1, 0.15) is 9.67 Å². The first-order valence-electron chi connectivity index (χ1n) is 8.01. The Kier molecular flexibility index (Phi) is 4.86. The molecular formula is C18H14N6OS2. The molecule has 0 spiro atoms. The average Bonchev–Trinajstić information content (AvgIpc) is 3.39. The highest BCUT2D eigenvalue weighted by Gasteiger charge is 2.14. The number of pyridine rings is 1. The Hall–Kier alpha value is -3.17. The van der Waals surface area contributed by atoms with Crippen LogP contribution in [-0.4, -0.2) is 32.9 Å². The second-order valence-corrected chi connectivity index (χ2v) is 7.35. The van der Waals surface area contributed by atoms with Crippen molar-refractivity contribution in [2.45, 2.75) is 0 Å². The first-order chi connectivity index (χ1) is 13.2. The van der Waals surface area contributed by atoms with Gasteiger partial charge in [-0.05, 0) is 30.3 Å². The van der Waals surface area contributed by atoms with Gasteiger partial charge >= 0.3 is 0 Å². The van der Waals surface area contributed by atoms with Crippen LogP contribution in [0.15, 0.2) is 54.3 Å². The second kappa shape index (κ2) is 7.60. The van der Waals surface area contributed by atoms with E-state index in [0.717, 1.165) is 21.8 Å². The minimum atomic E-state index is -0.193. The number of thiophene rings is 1. The molecular weight excluding hydrogens is 380 g/mol. The van der Waals surface area contributed by atoms with Gasteiger partial charge in [0.15, 0.2) is 5.13 Å². The normalized spacial score (nSPS) is 10.6. The van der Waals surface area contributed by atoms with Gasteiger partial charge in [0, 0.05) is 36.6 Å². The van der Waals surface area contributed by atoms with E-state index in [-0.39, 0.29) is 5.91 Å². The summed E-state index contributed by atoms with van der Waals surface area (Å²) >= 11 is 2.75. The molecule has 4 rings (SSSR count). The van der Waals surface area contributed by atoms with E-state index >= 15 is 0 Å². The van der Waals surface area contributed by atoms with Gasteiger partial charge in [-0.3, -0.25) is 15.1 Å². The van der Waals surface area contributed by atoms with Crippen LogP contribution in [0.3, 0.4) is 0 Å². The minimum Gasteiger partial charge on any atom is -0.357 e. The summed E-state index contributed by atoms with van der Waals surface area (Å²) in [5.41, 5.74) is 2.47. The van der Waals surface area contributed by atoms with Crippen LogP contribution >= 0.6 is 22.7 Å². The average molecular weight is 394 g/mol. The Morgan fingerprint density at radius 2 is 2.00 bits per heavy atom. The van der Waals surface area contributed by atoms with Crippen LogP contribution in [0.25, 0.3) is 21.8 Å². The standard InChI is InChI=1S/C18H14N6OS2/c1-19-17-21-8-6-12(22-17)14-4-5-15(27-14)16(25)24-18-23-13(10-26-18)11-3-2-7-20-9-11/h2-10H,1H3,(H,19,21,22)(H,23,24,25). The Labute approximate surface area is 163 Å². The van der Waals surface area contributed by atoms with E-state index in [1.807, 2.05) is 29.6 Å². The van der Waals surface area contributed by atoms with E-state index in [2.05, 4.69) is 30.6 Å². The number of thiazole rings is 1. The fourth-order valence-electron chi connectivity index (χ4n) is 2.35. The number of hydrogen-bond acceptors (Lipinski definition) is 8. The first-order valence-corrected chi connectivity index (χ1v) is 9.71. The van der Waals surface area contributed by atoms with Crippen LogP contribution in [-0.2, 0) is 0 Å². The van der Waals surface area contributed by atoms with Crippen LogP contribution in [0.5, 0.6) is 0 Å². The zero-order chi connectivity index (χ0) is 18.6. The zero-order valence-electron chi connectivity index (χ0n) is 14.2. The highest BCUT2D eigenvalue weighted by molar-refractivity contribution is 7.17. The number of nitrogens with one attached hydrogen (secondary N) is 2. The van der Waals surface area contributed by atoms with Crippen LogP contribution < -0.4 is 10.6 Å². The van der Waals surface area contributed by atoms with E-state index in [1.165, 1.54) is 22.7 Å². The van der Waals surface area contributed by atoms with Crippen molar-refractivity contribution in [1.82, 2.24) is 19.9 Å². The van der Waals surface area contributed by atoms with Gasteiger partial charge in [-0.15, -0.1) is 22.7 Å². The van der Waals surface area contributed by atoms with Crippen LogP contribution in [0.2, 0.25) is 0 Å². The lowest BCUT2D eigenvalue weighted by atomic mass is 10.2. The van der Waals surface area contributed by atoms with Gasteiger partial charge in [-0.25, -0.2) is 15.0 Å². The molecule has 2 N–H and O–H groups in total. The lowest BCUT2D eigenvalue weighted by Gasteiger charge is -2.00. The Bertz CT molecular complexity index is 1080. The molecule has 27 heavy (non-hydrogen) atoms. The quantitative estimate of drug-likeness (QED) is 0.531. The molecule has 0 unspecified atom stereocenters. The number of amides is 1. The molecule has 0 radical (unpaired) electrons. The third-order valence-corrected chi connectivity index (χ3v) is 5.51. The Balaban J connectivity index is 1.49. The predicted octanol–water partition coefficient (Wildman–Crippen LogP) is 4.02. The fraction of sp³-hybridized carbons (Fsp3) is 0.0556. The van der Waals surface area contributed by atoms with Gasteiger partial charge in [0.1, 0.15) is 0 Å². The molecule has 0 aliphatic heterocycles. The molecule has 7 nitrogen and oxygen atoms in total. The van der Waals surface area contributed by atoms with Gasteiger partial charge < -0.3 is 5.32 Å². The molecule has 0 aliphatic rings. The van der Waals surface area contributed by atoms with E-state index in [4.69, 9.17) is 0 Å². The molecule has 4 heterocycles. The summed E-state index contributed by atoms with van der Waals surface area (Å²) in [5.74, 6) is 0.346. The maximum atomic E-state index is 12.5. The van der Waals surface area contributed by atoms with E-state index < -0.39 is 0 Å². The molecule has 0 aromatic carbocycles. The van der Waals surface area contributed by atoms with Crippen molar-refractivity contribution in [2.24, 2.45) is 0 Å². The molecule has 0 saturated heterocycles. The lowest BCUT2D eigenvalue weighted by molar-refractivity contribution is 0.103. The molecule has 1 amide bonds. The lowest BCUT2D eigenvalue weighted by Crippen LogP contribution is -2.09. The highest BCUT2D eigenvalue weighted by atomic mass is 32.1. The third kappa shape index (κ3) is 3.83. The molecule has 0 saturated carbocycles. The monoisotopic (exact) mass is 394 g/mol. The Morgan fingerprint density at radius 1 is 1.07 bits per heavy atom. The molecule has 0 bridgehead atoms. The van der Waals surface area contributed by atoms with Gasteiger partial charge in [0.2, 0.25) is 5.95 Å². The molecule has 134 valence electrons. The van der Waals surface area contributed by atoms with Crippen LogP contribution in [0, 0.1) is 0 Å². The van der Waals surface area contributed by atoms with Crippen molar-refractivity contribution in [3.05, 3.63) is 59.2 Å². The van der Waals surface area contributed by atoms with Crippen molar-refractivity contribution in [2.75, 3.05) is 17.7 Å². The summed E-state index contributed by atoms with van der Waals surface area (Å²) in [6, 6.07) is 9.26. The van der Waals surface area contributed by atoms with Gasteiger partial charge in [0.25, 0.3) is 5.91 Å². The maximum Gasteiger partial charge on any atom is 0.267 e. The van der Waals surface area contributed by atoms with Crippen LogP contribution in [0.4, 0.5) is 11.1 Å². The third-order valence-electron chi connectivity index (χ3n) is 3.64.